The summed E-state index contributed by atoms with van der Waals surface area (Å²) in [6.07, 6.45) is 4.19. The largest absolute Gasteiger partial charge is 0.481 e. The molecule has 254 valence electrons. The highest BCUT2D eigenvalue weighted by Crippen LogP contribution is 2.50. The number of β-amino-alcohol motifs (C(OH)–C–C–N with tert-alkyl or cyclic N) is 1. The van der Waals surface area contributed by atoms with Gasteiger partial charge in [-0.1, -0.05) is 24.3 Å². The number of methoxy groups -OCH3 is 1. The molecular weight excluding hydrogens is 596 g/mol. The molecule has 0 radical (unpaired) electrons. The van der Waals surface area contributed by atoms with E-state index in [0.717, 1.165) is 55.6 Å². The number of nitrogens with zero attached hydrogens (tertiary/aromatic N) is 4. The molecule has 2 amide bonds. The van der Waals surface area contributed by atoms with E-state index in [0.29, 0.717) is 55.2 Å². The summed E-state index contributed by atoms with van der Waals surface area (Å²) in [7, 11) is 1.77. The number of likely N-dealkylation sites (N-methyl/N-ethyl adjacent to an activating group) is 1. The third kappa shape index (κ3) is 6.65. The zero-order valence-corrected chi connectivity index (χ0v) is 28.3. The Labute approximate surface area is 278 Å². The number of piperidine rings is 1. The molecule has 10 heteroatoms. The van der Waals surface area contributed by atoms with Crippen LogP contribution in [-0.4, -0.2) is 114 Å². The van der Waals surface area contributed by atoms with Crippen molar-refractivity contribution in [3.63, 3.8) is 0 Å². The summed E-state index contributed by atoms with van der Waals surface area (Å²) in [5, 5.41) is 21.6. The SMILES string of the molecule is CCN1CCN(C[C@@H](O)[C@@H]2Cc3ccccc3CN2CC(C)(C)C(=O)O)C(=O)c2ccc(C(=O)N3CCC4(CC3)CC(OC)C4)cc21. The van der Waals surface area contributed by atoms with Gasteiger partial charge in [-0.3, -0.25) is 19.3 Å². The lowest BCUT2D eigenvalue weighted by atomic mass is 9.61. The van der Waals surface area contributed by atoms with Gasteiger partial charge in [-0.2, -0.15) is 0 Å². The van der Waals surface area contributed by atoms with E-state index >= 15 is 0 Å². The lowest BCUT2D eigenvalue weighted by Gasteiger charge is -2.51. The Hall–Kier alpha value is -3.47. The predicted molar refractivity (Wildman–Crippen MR) is 180 cm³/mol. The Balaban J connectivity index is 1.17. The summed E-state index contributed by atoms with van der Waals surface area (Å²) in [6, 6.07) is 13.2. The summed E-state index contributed by atoms with van der Waals surface area (Å²) >= 11 is 0. The number of fused-ring (bicyclic) bond motifs is 2. The number of benzene rings is 2. The smallest absolute Gasteiger partial charge is 0.310 e. The van der Waals surface area contributed by atoms with E-state index in [1.54, 1.807) is 38.0 Å². The quantitative estimate of drug-likeness (QED) is 0.422. The number of rotatable bonds is 9. The highest BCUT2D eigenvalue weighted by atomic mass is 16.5. The minimum absolute atomic E-state index is 0.00671. The van der Waals surface area contributed by atoms with Gasteiger partial charge in [-0.05, 0) is 87.6 Å². The highest BCUT2D eigenvalue weighted by molar-refractivity contribution is 6.03. The molecule has 10 nitrogen and oxygen atoms in total. The maximum atomic E-state index is 14.1. The number of carbonyl (C=O) groups excluding carboxylic acids is 2. The van der Waals surface area contributed by atoms with E-state index < -0.39 is 17.5 Å². The number of anilines is 1. The first-order chi connectivity index (χ1) is 22.4. The first kappa shape index (κ1) is 33.4. The summed E-state index contributed by atoms with van der Waals surface area (Å²) in [5.74, 6) is -1.04. The molecule has 2 fully saturated rings. The van der Waals surface area contributed by atoms with Crippen molar-refractivity contribution < 1.29 is 29.3 Å². The van der Waals surface area contributed by atoms with E-state index in [-0.39, 0.29) is 30.9 Å². The molecule has 2 N–H and O–H groups in total. The first-order valence-corrected chi connectivity index (χ1v) is 17.2. The maximum absolute atomic E-state index is 14.1. The number of aliphatic hydroxyl groups excluding tert-OH is 1. The van der Waals surface area contributed by atoms with Crippen LogP contribution in [0.1, 0.15) is 78.3 Å². The van der Waals surface area contributed by atoms with E-state index in [1.807, 2.05) is 30.0 Å². The zero-order valence-electron chi connectivity index (χ0n) is 28.3. The molecule has 1 saturated heterocycles. The van der Waals surface area contributed by atoms with E-state index in [4.69, 9.17) is 4.74 Å². The Morgan fingerprint density at radius 1 is 1.02 bits per heavy atom. The van der Waals surface area contributed by atoms with Crippen LogP contribution in [0.2, 0.25) is 0 Å². The molecule has 3 heterocycles. The molecular formula is C37H50N4O6. The average Bonchev–Trinajstić information content (AvgIpc) is 3.18. The van der Waals surface area contributed by atoms with E-state index in [9.17, 15) is 24.6 Å². The number of aliphatic carboxylic acids is 1. The fraction of sp³-hybridized carbons (Fsp3) is 0.595. The molecule has 0 bridgehead atoms. The van der Waals surface area contributed by atoms with Gasteiger partial charge in [0.2, 0.25) is 0 Å². The molecule has 2 atom stereocenters. The van der Waals surface area contributed by atoms with Crippen LogP contribution in [0, 0.1) is 10.8 Å². The monoisotopic (exact) mass is 646 g/mol. The second-order valence-electron chi connectivity index (χ2n) is 14.8. The van der Waals surface area contributed by atoms with Crippen molar-refractivity contribution in [2.45, 2.75) is 77.7 Å². The number of hydrogen-bond donors (Lipinski definition) is 2. The first-order valence-electron chi connectivity index (χ1n) is 17.2. The predicted octanol–water partition coefficient (Wildman–Crippen LogP) is 3.90. The Bertz CT molecular complexity index is 1490. The van der Waals surface area contributed by atoms with Crippen molar-refractivity contribution >= 4 is 23.5 Å². The molecule has 1 aliphatic carbocycles. The summed E-state index contributed by atoms with van der Waals surface area (Å²) in [4.78, 5) is 47.6. The lowest BCUT2D eigenvalue weighted by Crippen LogP contribution is -2.55. The second-order valence-corrected chi connectivity index (χ2v) is 14.8. The number of carboxylic acid groups (broad SMARTS) is 1. The summed E-state index contributed by atoms with van der Waals surface area (Å²) in [6.45, 7) is 9.58. The van der Waals surface area contributed by atoms with Crippen molar-refractivity contribution in [3.05, 3.63) is 64.7 Å². The molecule has 2 aromatic rings. The normalized spacial score (nSPS) is 22.4. The van der Waals surface area contributed by atoms with Gasteiger partial charge in [-0.15, -0.1) is 0 Å². The minimum Gasteiger partial charge on any atom is -0.481 e. The summed E-state index contributed by atoms with van der Waals surface area (Å²) in [5.41, 5.74) is 3.47. The third-order valence-electron chi connectivity index (χ3n) is 11.3. The molecule has 0 aromatic heterocycles. The molecule has 2 aromatic carbocycles. The van der Waals surface area contributed by atoms with Crippen molar-refractivity contribution in [3.8, 4) is 0 Å². The minimum atomic E-state index is -1.00. The number of aliphatic hydroxyl groups is 1. The van der Waals surface area contributed by atoms with Crippen LogP contribution in [0.4, 0.5) is 5.69 Å². The van der Waals surface area contributed by atoms with Crippen molar-refractivity contribution in [1.82, 2.24) is 14.7 Å². The fourth-order valence-electron chi connectivity index (χ4n) is 8.17. The van der Waals surface area contributed by atoms with Gasteiger partial charge >= 0.3 is 5.97 Å². The van der Waals surface area contributed by atoms with Crippen LogP contribution >= 0.6 is 0 Å². The van der Waals surface area contributed by atoms with Crippen LogP contribution in [0.25, 0.3) is 0 Å². The summed E-state index contributed by atoms with van der Waals surface area (Å²) < 4.78 is 5.50. The van der Waals surface area contributed by atoms with Gasteiger partial charge in [0.25, 0.3) is 11.8 Å². The van der Waals surface area contributed by atoms with Gasteiger partial charge in [-0.25, -0.2) is 0 Å². The lowest BCUT2D eigenvalue weighted by molar-refractivity contribution is -0.149. The van der Waals surface area contributed by atoms with Crippen molar-refractivity contribution in [1.29, 1.82) is 0 Å². The zero-order chi connectivity index (χ0) is 33.5. The second kappa shape index (κ2) is 13.2. The topological polar surface area (TPSA) is 114 Å². The van der Waals surface area contributed by atoms with Crippen LogP contribution in [0.15, 0.2) is 42.5 Å². The molecule has 0 unspecified atom stereocenters. The van der Waals surface area contributed by atoms with Gasteiger partial charge in [0.15, 0.2) is 0 Å². The number of hydrogen-bond acceptors (Lipinski definition) is 7. The fourth-order valence-corrected chi connectivity index (χ4v) is 8.17. The van der Waals surface area contributed by atoms with Crippen LogP contribution in [-0.2, 0) is 22.5 Å². The van der Waals surface area contributed by atoms with Crippen molar-refractivity contribution in [2.75, 3.05) is 57.8 Å². The van der Waals surface area contributed by atoms with E-state index in [1.165, 1.54) is 0 Å². The van der Waals surface area contributed by atoms with Gasteiger partial charge < -0.3 is 29.6 Å². The van der Waals surface area contributed by atoms with Gasteiger partial charge in [0.05, 0.1) is 28.9 Å². The average molecular weight is 647 g/mol. The van der Waals surface area contributed by atoms with Crippen LogP contribution in [0.3, 0.4) is 0 Å². The van der Waals surface area contributed by atoms with E-state index in [2.05, 4.69) is 21.9 Å². The number of ether oxygens (including phenoxy) is 1. The molecule has 4 aliphatic rings. The molecule has 47 heavy (non-hydrogen) atoms. The Kier molecular flexibility index (Phi) is 9.39. The number of carbonyl (C=O) groups is 3. The highest BCUT2D eigenvalue weighted by Gasteiger charge is 2.46. The molecule has 3 aliphatic heterocycles. The van der Waals surface area contributed by atoms with Gasteiger partial charge in [0, 0.05) is 71.1 Å². The van der Waals surface area contributed by atoms with Crippen LogP contribution in [0.5, 0.6) is 0 Å². The van der Waals surface area contributed by atoms with Gasteiger partial charge in [0.1, 0.15) is 0 Å². The number of amides is 2. The Morgan fingerprint density at radius 2 is 1.70 bits per heavy atom. The third-order valence-corrected chi connectivity index (χ3v) is 11.3. The van der Waals surface area contributed by atoms with Crippen molar-refractivity contribution in [2.24, 2.45) is 10.8 Å². The Morgan fingerprint density at radius 3 is 2.36 bits per heavy atom. The molecule has 6 rings (SSSR count). The molecule has 1 spiro atoms. The standard InChI is InChI=1S/C37H50N4O6/c1-5-38-16-17-40(23-32(42)31-18-25-8-6-7-9-27(25)22-41(31)24-36(2,3)35(45)46)34(44)29-11-10-26(19-30(29)38)33(43)39-14-12-37(13-15-39)20-28(21-37)47-4/h6-11,19,28,31-32,42H,5,12-18,20-24H2,1-4H3,(H,45,46)/t31-,32+/m0/s1. The number of carboxylic acids is 1. The number of likely N-dealkylation sites (tertiary alicyclic amines) is 1. The molecule has 1 saturated carbocycles. The maximum Gasteiger partial charge on any atom is 0.310 e. The van der Waals surface area contributed by atoms with Crippen LogP contribution < -0.4 is 4.90 Å².